The van der Waals surface area contributed by atoms with E-state index in [0.29, 0.717) is 16.7 Å². The van der Waals surface area contributed by atoms with E-state index in [1.807, 2.05) is 20.8 Å². The third-order valence-corrected chi connectivity index (χ3v) is 3.57. The van der Waals surface area contributed by atoms with E-state index in [4.69, 9.17) is 4.74 Å². The second-order valence-corrected chi connectivity index (χ2v) is 7.11. The fraction of sp³-hybridized carbons (Fsp3) is 0.375. The normalized spacial score (nSPS) is 16.5. The quantitative estimate of drug-likeness (QED) is 0.623. The molecule has 2 N–H and O–H groups in total. The molecule has 0 aliphatic carbocycles. The molecule has 1 fully saturated rings. The number of hydrogen-bond acceptors (Lipinski definition) is 6. The Kier molecular flexibility index (Phi) is 5.97. The lowest BCUT2D eigenvalue weighted by molar-refractivity contribution is -0.124. The zero-order chi connectivity index (χ0) is 17.6. The molecule has 0 spiro atoms. The zero-order valence-corrected chi connectivity index (χ0v) is 14.6. The molecular weight excluding hydrogens is 328 g/mol. The van der Waals surface area contributed by atoms with Gasteiger partial charge in [-0.1, -0.05) is 11.8 Å². The van der Waals surface area contributed by atoms with Gasteiger partial charge in [-0.2, -0.15) is 5.10 Å². The van der Waals surface area contributed by atoms with Gasteiger partial charge in [0.2, 0.25) is 5.91 Å². The van der Waals surface area contributed by atoms with E-state index in [-0.39, 0.29) is 24.0 Å². The number of hydrogen-bond donors (Lipinski definition) is 2. The van der Waals surface area contributed by atoms with Crippen LogP contribution in [-0.2, 0) is 9.59 Å². The molecule has 0 aromatic heterocycles. The molecule has 0 saturated carbocycles. The van der Waals surface area contributed by atoms with E-state index < -0.39 is 0 Å². The molecule has 1 heterocycles. The lowest BCUT2D eigenvalue weighted by atomic mass is 10.1. The number of thioether (sulfide) groups is 1. The van der Waals surface area contributed by atoms with E-state index in [9.17, 15) is 9.59 Å². The predicted molar refractivity (Wildman–Crippen MR) is 95.5 cm³/mol. The zero-order valence-electron chi connectivity index (χ0n) is 13.8. The molecule has 2 rings (SSSR count). The summed E-state index contributed by atoms with van der Waals surface area (Å²) in [6.07, 6.45) is 1.58. The molecule has 0 radical (unpaired) electrons. The third kappa shape index (κ3) is 6.41. The van der Waals surface area contributed by atoms with Crippen molar-refractivity contribution < 1.29 is 14.3 Å². The molecule has 2 amide bonds. The van der Waals surface area contributed by atoms with Crippen molar-refractivity contribution in [2.24, 2.45) is 10.2 Å². The summed E-state index contributed by atoms with van der Waals surface area (Å²) in [5.41, 5.74) is 0.555. The Bertz CT molecular complexity index is 663. The van der Waals surface area contributed by atoms with Gasteiger partial charge in [-0.25, -0.2) is 0 Å². The van der Waals surface area contributed by atoms with Gasteiger partial charge >= 0.3 is 0 Å². The summed E-state index contributed by atoms with van der Waals surface area (Å²) in [7, 11) is 0. The molecule has 0 bridgehead atoms. The van der Waals surface area contributed by atoms with Crippen LogP contribution in [0.3, 0.4) is 0 Å². The second-order valence-electron chi connectivity index (χ2n) is 6.14. The van der Waals surface area contributed by atoms with Crippen LogP contribution in [0.25, 0.3) is 0 Å². The minimum atomic E-state index is -0.278. The first kappa shape index (κ1) is 18.0. The largest absolute Gasteiger partial charge is 0.484 e. The molecule has 1 aromatic rings. The number of benzene rings is 1. The molecule has 0 atom stereocenters. The van der Waals surface area contributed by atoms with Gasteiger partial charge in [0.25, 0.3) is 5.91 Å². The van der Waals surface area contributed by atoms with Gasteiger partial charge < -0.3 is 15.4 Å². The van der Waals surface area contributed by atoms with Crippen molar-refractivity contribution in [3.05, 3.63) is 29.8 Å². The fourth-order valence-corrected chi connectivity index (χ4v) is 2.41. The summed E-state index contributed by atoms with van der Waals surface area (Å²) in [6.45, 7) is 5.71. The smallest absolute Gasteiger partial charge is 0.258 e. The van der Waals surface area contributed by atoms with Crippen LogP contribution < -0.4 is 15.4 Å². The molecule has 8 heteroatoms. The third-order valence-electron chi connectivity index (χ3n) is 2.71. The summed E-state index contributed by atoms with van der Waals surface area (Å²) in [4.78, 5) is 22.7. The van der Waals surface area contributed by atoms with E-state index >= 15 is 0 Å². The van der Waals surface area contributed by atoms with Crippen LogP contribution in [0.15, 0.2) is 34.5 Å². The van der Waals surface area contributed by atoms with Crippen LogP contribution in [0, 0.1) is 0 Å². The summed E-state index contributed by atoms with van der Waals surface area (Å²) in [5, 5.41) is 13.8. The minimum Gasteiger partial charge on any atom is -0.484 e. The number of nitrogens with zero attached hydrogens (tertiary/aromatic N) is 2. The molecule has 1 saturated heterocycles. The monoisotopic (exact) mass is 348 g/mol. The summed E-state index contributed by atoms with van der Waals surface area (Å²) in [6, 6.07) is 7.12. The van der Waals surface area contributed by atoms with E-state index in [1.54, 1.807) is 30.5 Å². The molecule has 0 unspecified atom stereocenters. The number of carbonyl (C=O) groups excluding carboxylic acids is 2. The van der Waals surface area contributed by atoms with Crippen molar-refractivity contribution in [1.29, 1.82) is 0 Å². The van der Waals surface area contributed by atoms with E-state index in [0.717, 1.165) is 5.56 Å². The topological polar surface area (TPSA) is 92.2 Å². The lowest BCUT2D eigenvalue weighted by Crippen LogP contribution is -2.43. The Morgan fingerprint density at radius 3 is 2.67 bits per heavy atom. The molecule has 1 aliphatic rings. The maximum atomic E-state index is 11.7. The highest BCUT2D eigenvalue weighted by Crippen LogP contribution is 2.12. The number of amidine groups is 1. The second kappa shape index (κ2) is 7.96. The van der Waals surface area contributed by atoms with Crippen LogP contribution in [0.1, 0.15) is 26.3 Å². The number of amides is 2. The van der Waals surface area contributed by atoms with Gasteiger partial charge in [0.05, 0.1) is 12.0 Å². The number of nitrogens with one attached hydrogen (secondary N) is 2. The number of ether oxygens (including phenoxy) is 1. The Balaban J connectivity index is 1.82. The molecule has 1 aromatic carbocycles. The van der Waals surface area contributed by atoms with Crippen molar-refractivity contribution in [2.75, 3.05) is 12.4 Å². The Morgan fingerprint density at radius 1 is 1.38 bits per heavy atom. The molecule has 24 heavy (non-hydrogen) atoms. The van der Waals surface area contributed by atoms with Gasteiger partial charge in [-0.15, -0.1) is 5.10 Å². The van der Waals surface area contributed by atoms with Gasteiger partial charge in [0.15, 0.2) is 11.8 Å². The molecular formula is C16H20N4O3S. The van der Waals surface area contributed by atoms with Crippen LogP contribution in [0.2, 0.25) is 0 Å². The highest BCUT2D eigenvalue weighted by Gasteiger charge is 2.16. The average Bonchev–Trinajstić information content (AvgIpc) is 2.90. The van der Waals surface area contributed by atoms with Crippen molar-refractivity contribution in [2.45, 2.75) is 26.3 Å². The first-order valence-corrected chi connectivity index (χ1v) is 8.38. The molecule has 1 aliphatic heterocycles. The van der Waals surface area contributed by atoms with Crippen LogP contribution >= 0.6 is 11.8 Å². The summed E-state index contributed by atoms with van der Waals surface area (Å²) < 4.78 is 5.43. The highest BCUT2D eigenvalue weighted by molar-refractivity contribution is 8.15. The first-order valence-electron chi connectivity index (χ1n) is 7.39. The average molecular weight is 348 g/mol. The fourth-order valence-electron chi connectivity index (χ4n) is 1.78. The van der Waals surface area contributed by atoms with Crippen molar-refractivity contribution in [3.8, 4) is 5.75 Å². The maximum absolute atomic E-state index is 11.7. The molecule has 128 valence electrons. The van der Waals surface area contributed by atoms with Crippen LogP contribution in [-0.4, -0.2) is 41.1 Å². The maximum Gasteiger partial charge on any atom is 0.258 e. The number of carbonyl (C=O) groups is 2. The predicted octanol–water partition coefficient (Wildman–Crippen LogP) is 1.53. The van der Waals surface area contributed by atoms with Gasteiger partial charge in [-0.05, 0) is 50.6 Å². The lowest BCUT2D eigenvalue weighted by Gasteiger charge is -2.20. The standard InChI is InChI=1S/C16H20N4O3S/c1-16(2,3)19-13(21)9-23-12-6-4-11(5-7-12)8-17-20-15-18-14(22)10-24-15/h4-8H,9-10H2,1-3H3,(H,19,21)(H,18,20,22). The van der Waals surface area contributed by atoms with Crippen LogP contribution in [0.4, 0.5) is 0 Å². The van der Waals surface area contributed by atoms with Gasteiger partial charge in [0, 0.05) is 5.54 Å². The van der Waals surface area contributed by atoms with Crippen molar-refractivity contribution in [3.63, 3.8) is 0 Å². The van der Waals surface area contributed by atoms with Gasteiger partial charge in [-0.3, -0.25) is 9.59 Å². The first-order chi connectivity index (χ1) is 11.3. The minimum absolute atomic E-state index is 0.0325. The van der Waals surface area contributed by atoms with Crippen molar-refractivity contribution >= 4 is 35.0 Å². The summed E-state index contributed by atoms with van der Waals surface area (Å²) >= 11 is 1.32. The Morgan fingerprint density at radius 2 is 2.08 bits per heavy atom. The van der Waals surface area contributed by atoms with E-state index in [2.05, 4.69) is 20.8 Å². The molecule has 7 nitrogen and oxygen atoms in total. The number of rotatable bonds is 5. The van der Waals surface area contributed by atoms with Crippen LogP contribution in [0.5, 0.6) is 5.75 Å². The van der Waals surface area contributed by atoms with E-state index in [1.165, 1.54) is 11.8 Å². The Hall–Kier alpha value is -2.35. The van der Waals surface area contributed by atoms with Gasteiger partial charge in [0.1, 0.15) is 5.75 Å². The Labute approximate surface area is 144 Å². The SMILES string of the molecule is CC(C)(C)NC(=O)COc1ccc(C=NN=C2NC(=O)CS2)cc1. The van der Waals surface area contributed by atoms with Crippen molar-refractivity contribution in [1.82, 2.24) is 10.6 Å². The summed E-state index contributed by atoms with van der Waals surface area (Å²) in [5.74, 6) is 0.746. The highest BCUT2D eigenvalue weighted by atomic mass is 32.2.